The number of carboxylic acids is 1. The Hall–Kier alpha value is -1.29. The number of carbonyl (C=O) groups is 2. The normalized spacial score (nSPS) is 12.1. The van der Waals surface area contributed by atoms with E-state index in [9.17, 15) is 9.59 Å². The fraction of sp³-hybridized carbons (Fsp3) is 0.385. The number of ketones is 1. The minimum Gasteiger partial charge on any atom is -0.480 e. The lowest BCUT2D eigenvalue weighted by Crippen LogP contribution is -2.17. The van der Waals surface area contributed by atoms with Crippen LogP contribution in [-0.2, 0) is 4.79 Å². The van der Waals surface area contributed by atoms with Gasteiger partial charge in [-0.25, -0.2) is 0 Å². The molecular formula is C13H16O3S. The lowest BCUT2D eigenvalue weighted by atomic mass is 10.1. The van der Waals surface area contributed by atoms with Gasteiger partial charge < -0.3 is 5.11 Å². The summed E-state index contributed by atoms with van der Waals surface area (Å²) in [5.74, 6) is -0.655. The van der Waals surface area contributed by atoms with Crippen LogP contribution in [0.1, 0.15) is 29.3 Å². The van der Waals surface area contributed by atoms with Gasteiger partial charge in [-0.05, 0) is 13.3 Å². The Labute approximate surface area is 105 Å². The van der Waals surface area contributed by atoms with E-state index in [0.29, 0.717) is 12.0 Å². The Balaban J connectivity index is 2.55. The van der Waals surface area contributed by atoms with E-state index in [4.69, 9.17) is 5.11 Å². The van der Waals surface area contributed by atoms with Crippen molar-refractivity contribution in [3.8, 4) is 0 Å². The van der Waals surface area contributed by atoms with Crippen LogP contribution in [0.4, 0.5) is 0 Å². The highest BCUT2D eigenvalue weighted by Gasteiger charge is 2.17. The van der Waals surface area contributed by atoms with Crippen molar-refractivity contribution in [1.82, 2.24) is 0 Å². The van der Waals surface area contributed by atoms with Gasteiger partial charge in [-0.2, -0.15) is 0 Å². The zero-order valence-electron chi connectivity index (χ0n) is 9.97. The molecule has 17 heavy (non-hydrogen) atoms. The second-order valence-corrected chi connectivity index (χ2v) is 5.03. The van der Waals surface area contributed by atoms with Gasteiger partial charge in [0, 0.05) is 5.56 Å². The fourth-order valence-corrected chi connectivity index (χ4v) is 2.26. The summed E-state index contributed by atoms with van der Waals surface area (Å²) in [6, 6.07) is 7.32. The molecule has 0 fully saturated rings. The average molecular weight is 252 g/mol. The number of carboxylic acid groups (broad SMARTS) is 1. The maximum absolute atomic E-state index is 11.8. The Morgan fingerprint density at radius 1 is 1.29 bits per heavy atom. The molecule has 0 bridgehead atoms. The van der Waals surface area contributed by atoms with Crippen molar-refractivity contribution in [3.63, 3.8) is 0 Å². The smallest absolute Gasteiger partial charge is 0.316 e. The number of hydrogen-bond acceptors (Lipinski definition) is 3. The lowest BCUT2D eigenvalue weighted by molar-refractivity contribution is -0.136. The maximum atomic E-state index is 11.8. The number of thioether (sulfide) groups is 1. The molecule has 0 aromatic heterocycles. The molecule has 1 N–H and O–H groups in total. The van der Waals surface area contributed by atoms with Gasteiger partial charge in [0.1, 0.15) is 5.25 Å². The molecule has 1 aromatic carbocycles. The fourth-order valence-electron chi connectivity index (χ4n) is 1.36. The van der Waals surface area contributed by atoms with E-state index < -0.39 is 11.2 Å². The second-order valence-electron chi connectivity index (χ2n) is 3.84. The zero-order chi connectivity index (χ0) is 12.8. The summed E-state index contributed by atoms with van der Waals surface area (Å²) >= 11 is 1.19. The minimum absolute atomic E-state index is 0.0188. The van der Waals surface area contributed by atoms with Gasteiger partial charge in [0.2, 0.25) is 0 Å². The van der Waals surface area contributed by atoms with Gasteiger partial charge in [0.25, 0.3) is 0 Å². The molecule has 0 aliphatic rings. The molecule has 0 spiro atoms. The van der Waals surface area contributed by atoms with Crippen LogP contribution in [0.25, 0.3) is 0 Å². The Kier molecular flexibility index (Phi) is 5.22. The summed E-state index contributed by atoms with van der Waals surface area (Å²) < 4.78 is 0. The first-order valence-corrected chi connectivity index (χ1v) is 6.53. The first-order chi connectivity index (χ1) is 8.04. The molecule has 0 saturated heterocycles. The summed E-state index contributed by atoms with van der Waals surface area (Å²) in [5, 5.41) is 8.37. The largest absolute Gasteiger partial charge is 0.480 e. The van der Waals surface area contributed by atoms with Gasteiger partial charge in [0.05, 0.1) is 5.75 Å². The van der Waals surface area contributed by atoms with Crippen LogP contribution >= 0.6 is 11.8 Å². The molecule has 0 amide bonds. The lowest BCUT2D eigenvalue weighted by Gasteiger charge is -2.08. The van der Waals surface area contributed by atoms with Crippen molar-refractivity contribution in [3.05, 3.63) is 35.4 Å². The van der Waals surface area contributed by atoms with Gasteiger partial charge in [-0.15, -0.1) is 11.8 Å². The maximum Gasteiger partial charge on any atom is 0.316 e. The summed E-state index contributed by atoms with van der Waals surface area (Å²) in [6.07, 6.45) is 0.529. The third kappa shape index (κ3) is 4.23. The number of hydrogen-bond donors (Lipinski definition) is 1. The molecule has 4 heteroatoms. The molecule has 1 atom stereocenters. The average Bonchev–Trinajstić information content (AvgIpc) is 2.30. The quantitative estimate of drug-likeness (QED) is 0.791. The van der Waals surface area contributed by atoms with Crippen molar-refractivity contribution >= 4 is 23.5 Å². The summed E-state index contributed by atoms with van der Waals surface area (Å²) in [4.78, 5) is 22.6. The third-order valence-electron chi connectivity index (χ3n) is 2.44. The second kappa shape index (κ2) is 6.45. The number of aliphatic carboxylic acids is 1. The molecule has 0 saturated carbocycles. The molecule has 92 valence electrons. The van der Waals surface area contributed by atoms with Crippen LogP contribution < -0.4 is 0 Å². The third-order valence-corrected chi connectivity index (χ3v) is 3.80. The summed E-state index contributed by atoms with van der Waals surface area (Å²) in [7, 11) is 0. The number of aryl methyl sites for hydroxylation is 1. The molecular weight excluding hydrogens is 236 g/mol. The molecule has 0 aliphatic carbocycles. The standard InChI is InChI=1S/C13H16O3S/c1-3-12(13(15)16)17-8-11(14)10-6-4-9(2)5-7-10/h4-7,12H,3,8H2,1-2H3,(H,15,16). The van der Waals surface area contributed by atoms with Gasteiger partial charge in [-0.1, -0.05) is 36.8 Å². The van der Waals surface area contributed by atoms with Gasteiger partial charge in [-0.3, -0.25) is 9.59 Å². The van der Waals surface area contributed by atoms with Crippen LogP contribution in [-0.4, -0.2) is 27.9 Å². The first-order valence-electron chi connectivity index (χ1n) is 5.49. The van der Waals surface area contributed by atoms with Crippen molar-refractivity contribution in [2.45, 2.75) is 25.5 Å². The van der Waals surface area contributed by atoms with Crippen LogP contribution in [0.3, 0.4) is 0 Å². The number of benzene rings is 1. The van der Waals surface area contributed by atoms with Crippen LogP contribution in [0.2, 0.25) is 0 Å². The molecule has 3 nitrogen and oxygen atoms in total. The summed E-state index contributed by atoms with van der Waals surface area (Å²) in [6.45, 7) is 3.77. The van der Waals surface area contributed by atoms with Crippen molar-refractivity contribution in [2.75, 3.05) is 5.75 Å². The van der Waals surface area contributed by atoms with Crippen LogP contribution in [0, 0.1) is 6.92 Å². The molecule has 0 radical (unpaired) electrons. The highest BCUT2D eigenvalue weighted by atomic mass is 32.2. The Bertz CT molecular complexity index is 398. The van der Waals surface area contributed by atoms with E-state index in [-0.39, 0.29) is 11.5 Å². The Morgan fingerprint density at radius 2 is 1.88 bits per heavy atom. The van der Waals surface area contributed by atoms with Crippen molar-refractivity contribution in [2.24, 2.45) is 0 Å². The predicted octanol–water partition coefficient (Wildman–Crippen LogP) is 2.77. The highest BCUT2D eigenvalue weighted by Crippen LogP contribution is 2.17. The molecule has 1 rings (SSSR count). The Morgan fingerprint density at radius 3 is 2.35 bits per heavy atom. The van der Waals surface area contributed by atoms with E-state index in [1.165, 1.54) is 11.8 Å². The summed E-state index contributed by atoms with van der Waals surface area (Å²) in [5.41, 5.74) is 1.74. The van der Waals surface area contributed by atoms with E-state index in [0.717, 1.165) is 5.56 Å². The zero-order valence-corrected chi connectivity index (χ0v) is 10.8. The number of rotatable bonds is 6. The van der Waals surface area contributed by atoms with E-state index in [1.807, 2.05) is 26.0 Å². The molecule has 1 aromatic rings. The van der Waals surface area contributed by atoms with Gasteiger partial charge >= 0.3 is 5.97 Å². The topological polar surface area (TPSA) is 54.4 Å². The van der Waals surface area contributed by atoms with E-state index in [2.05, 4.69) is 0 Å². The first kappa shape index (κ1) is 13.8. The SMILES string of the molecule is CCC(SCC(=O)c1ccc(C)cc1)C(=O)O. The van der Waals surface area contributed by atoms with E-state index >= 15 is 0 Å². The minimum atomic E-state index is -0.853. The van der Waals surface area contributed by atoms with Crippen LogP contribution in [0.5, 0.6) is 0 Å². The van der Waals surface area contributed by atoms with Crippen molar-refractivity contribution < 1.29 is 14.7 Å². The molecule has 0 aliphatic heterocycles. The predicted molar refractivity (Wildman–Crippen MR) is 69.7 cm³/mol. The molecule has 0 heterocycles. The number of carbonyl (C=O) groups excluding carboxylic acids is 1. The van der Waals surface area contributed by atoms with Crippen molar-refractivity contribution in [1.29, 1.82) is 0 Å². The highest BCUT2D eigenvalue weighted by molar-refractivity contribution is 8.01. The van der Waals surface area contributed by atoms with Crippen LogP contribution in [0.15, 0.2) is 24.3 Å². The van der Waals surface area contributed by atoms with Gasteiger partial charge in [0.15, 0.2) is 5.78 Å². The monoisotopic (exact) mass is 252 g/mol. The molecule has 1 unspecified atom stereocenters. The van der Waals surface area contributed by atoms with E-state index in [1.54, 1.807) is 12.1 Å². The number of Topliss-reactive ketones (excluding diaryl/α,β-unsaturated/α-hetero) is 1.